The number of amides is 2. The Morgan fingerprint density at radius 1 is 0.900 bits per heavy atom. The van der Waals surface area contributed by atoms with Crippen LogP contribution in [0.5, 0.6) is 0 Å². The van der Waals surface area contributed by atoms with Crippen molar-refractivity contribution in [2.24, 2.45) is 0 Å². The van der Waals surface area contributed by atoms with Gasteiger partial charge in [-0.15, -0.1) is 0 Å². The Balaban J connectivity index is 1.53. The van der Waals surface area contributed by atoms with Crippen molar-refractivity contribution < 1.29 is 22.8 Å². The molecule has 3 rings (SSSR count). The number of halogens is 3. The van der Waals surface area contributed by atoms with E-state index in [4.69, 9.17) is 0 Å². The van der Waals surface area contributed by atoms with Gasteiger partial charge in [0.05, 0.1) is 12.1 Å². The Kier molecular flexibility index (Phi) is 6.77. The molecular weight excluding hydrogens is 395 g/mol. The van der Waals surface area contributed by atoms with Crippen LogP contribution in [-0.4, -0.2) is 53.8 Å². The molecule has 2 aromatic rings. The lowest BCUT2D eigenvalue weighted by Gasteiger charge is -2.37. The second kappa shape index (κ2) is 9.30. The molecule has 1 aliphatic rings. The lowest BCUT2D eigenvalue weighted by atomic mass is 10.1. The molecule has 2 amide bonds. The molecule has 5 nitrogen and oxygen atoms in total. The molecule has 30 heavy (non-hydrogen) atoms. The van der Waals surface area contributed by atoms with Crippen molar-refractivity contribution in [1.29, 1.82) is 0 Å². The second-order valence-corrected chi connectivity index (χ2v) is 7.41. The number of rotatable bonds is 5. The molecule has 8 heteroatoms. The van der Waals surface area contributed by atoms with Crippen LogP contribution >= 0.6 is 0 Å². The van der Waals surface area contributed by atoms with Gasteiger partial charge in [-0.1, -0.05) is 12.1 Å². The molecule has 1 heterocycles. The lowest BCUT2D eigenvalue weighted by Crippen LogP contribution is -2.55. The standard InChI is InChI=1S/C22H24F3N3O2/c1-14(16-3-6-18(23)7-4-16)26-21(29)15(2)27-9-11-28(12-10-27)22(30)17-5-8-19(24)20(25)13-17/h3-8,13-15H,9-12H2,1-2H3,(H,26,29). The Bertz CT molecular complexity index is 912. The van der Waals surface area contributed by atoms with Gasteiger partial charge in [0.2, 0.25) is 5.91 Å². The fraction of sp³-hybridized carbons (Fsp3) is 0.364. The Morgan fingerprint density at radius 3 is 2.13 bits per heavy atom. The van der Waals surface area contributed by atoms with Gasteiger partial charge in [-0.05, 0) is 49.7 Å². The van der Waals surface area contributed by atoms with Crippen molar-refractivity contribution in [3.05, 3.63) is 71.0 Å². The number of nitrogens with zero attached hydrogens (tertiary/aromatic N) is 2. The second-order valence-electron chi connectivity index (χ2n) is 7.41. The molecular formula is C22H24F3N3O2. The Hall–Kier alpha value is -2.87. The minimum Gasteiger partial charge on any atom is -0.348 e. The van der Waals surface area contributed by atoms with Gasteiger partial charge in [0.25, 0.3) is 5.91 Å². The van der Waals surface area contributed by atoms with Crippen LogP contribution in [-0.2, 0) is 4.79 Å². The molecule has 1 aliphatic heterocycles. The molecule has 2 aromatic carbocycles. The first kappa shape index (κ1) is 21.8. The van der Waals surface area contributed by atoms with E-state index in [-0.39, 0.29) is 29.2 Å². The number of carbonyl (C=O) groups excluding carboxylic acids is 2. The first-order chi connectivity index (χ1) is 14.3. The number of nitrogens with one attached hydrogen (secondary N) is 1. The first-order valence-corrected chi connectivity index (χ1v) is 9.80. The highest BCUT2D eigenvalue weighted by atomic mass is 19.2. The van der Waals surface area contributed by atoms with Gasteiger partial charge in [0.15, 0.2) is 11.6 Å². The van der Waals surface area contributed by atoms with Crippen LogP contribution in [0.4, 0.5) is 13.2 Å². The summed E-state index contributed by atoms with van der Waals surface area (Å²) in [6.07, 6.45) is 0. The fourth-order valence-corrected chi connectivity index (χ4v) is 3.46. The van der Waals surface area contributed by atoms with Crippen LogP contribution in [0, 0.1) is 17.5 Å². The number of hydrogen-bond acceptors (Lipinski definition) is 3. The fourth-order valence-electron chi connectivity index (χ4n) is 3.46. The van der Waals surface area contributed by atoms with E-state index >= 15 is 0 Å². The minimum atomic E-state index is -1.06. The molecule has 0 radical (unpaired) electrons. The average molecular weight is 419 g/mol. The van der Waals surface area contributed by atoms with Crippen molar-refractivity contribution >= 4 is 11.8 Å². The molecule has 2 atom stereocenters. The molecule has 0 bridgehead atoms. The summed E-state index contributed by atoms with van der Waals surface area (Å²) < 4.78 is 39.5. The molecule has 160 valence electrons. The Morgan fingerprint density at radius 2 is 1.53 bits per heavy atom. The molecule has 1 fully saturated rings. The van der Waals surface area contributed by atoms with Gasteiger partial charge in [-0.2, -0.15) is 0 Å². The van der Waals surface area contributed by atoms with E-state index in [0.717, 1.165) is 17.7 Å². The normalized spacial score (nSPS) is 16.8. The maximum absolute atomic E-state index is 13.4. The van der Waals surface area contributed by atoms with Crippen LogP contribution in [0.25, 0.3) is 0 Å². The molecule has 1 N–H and O–H groups in total. The summed E-state index contributed by atoms with van der Waals surface area (Å²) in [5.41, 5.74) is 0.903. The van der Waals surface area contributed by atoms with Crippen LogP contribution in [0.15, 0.2) is 42.5 Å². The molecule has 0 aliphatic carbocycles. The first-order valence-electron chi connectivity index (χ1n) is 9.80. The van der Waals surface area contributed by atoms with E-state index in [0.29, 0.717) is 26.2 Å². The summed E-state index contributed by atoms with van der Waals surface area (Å²) in [5, 5.41) is 2.92. The van der Waals surface area contributed by atoms with Crippen molar-refractivity contribution in [2.45, 2.75) is 25.9 Å². The summed E-state index contributed by atoms with van der Waals surface area (Å²) in [4.78, 5) is 28.7. The third kappa shape index (κ3) is 4.99. The predicted octanol–water partition coefficient (Wildman–Crippen LogP) is 3.13. The van der Waals surface area contributed by atoms with E-state index in [2.05, 4.69) is 5.32 Å². The summed E-state index contributed by atoms with van der Waals surface area (Å²) in [6.45, 7) is 5.34. The van der Waals surface area contributed by atoms with Crippen LogP contribution < -0.4 is 5.32 Å². The third-order valence-electron chi connectivity index (χ3n) is 5.42. The number of hydrogen-bond donors (Lipinski definition) is 1. The van der Waals surface area contributed by atoms with Gasteiger partial charge in [0.1, 0.15) is 5.82 Å². The molecule has 1 saturated heterocycles. The van der Waals surface area contributed by atoms with Gasteiger partial charge >= 0.3 is 0 Å². The zero-order valence-corrected chi connectivity index (χ0v) is 16.9. The van der Waals surface area contributed by atoms with Crippen molar-refractivity contribution in [1.82, 2.24) is 15.1 Å². The maximum atomic E-state index is 13.4. The third-order valence-corrected chi connectivity index (χ3v) is 5.42. The molecule has 0 spiro atoms. The van der Waals surface area contributed by atoms with E-state index < -0.39 is 17.7 Å². The van der Waals surface area contributed by atoms with Gasteiger partial charge < -0.3 is 10.2 Å². The zero-order valence-electron chi connectivity index (χ0n) is 16.9. The molecule has 2 unspecified atom stereocenters. The summed E-state index contributed by atoms with van der Waals surface area (Å²) in [6, 6.07) is 8.39. The summed E-state index contributed by atoms with van der Waals surface area (Å²) >= 11 is 0. The topological polar surface area (TPSA) is 52.7 Å². The number of piperazine rings is 1. The number of carbonyl (C=O) groups is 2. The highest BCUT2D eigenvalue weighted by Crippen LogP contribution is 2.16. The van der Waals surface area contributed by atoms with Crippen LogP contribution in [0.2, 0.25) is 0 Å². The van der Waals surface area contributed by atoms with E-state index in [1.807, 2.05) is 11.8 Å². The average Bonchev–Trinajstić information content (AvgIpc) is 2.75. The van der Waals surface area contributed by atoms with Crippen LogP contribution in [0.3, 0.4) is 0 Å². The SMILES string of the molecule is CC(NC(=O)C(C)N1CCN(C(=O)c2ccc(F)c(F)c2)CC1)c1ccc(F)cc1. The smallest absolute Gasteiger partial charge is 0.254 e. The Labute approximate surface area is 173 Å². The molecule has 0 aromatic heterocycles. The van der Waals surface area contributed by atoms with Crippen molar-refractivity contribution in [3.8, 4) is 0 Å². The van der Waals surface area contributed by atoms with E-state index in [1.54, 1.807) is 24.0 Å². The van der Waals surface area contributed by atoms with Gasteiger partial charge in [-0.25, -0.2) is 13.2 Å². The summed E-state index contributed by atoms with van der Waals surface area (Å²) in [7, 11) is 0. The van der Waals surface area contributed by atoms with E-state index in [1.165, 1.54) is 18.2 Å². The summed E-state index contributed by atoms with van der Waals surface area (Å²) in [5.74, 6) is -2.91. The minimum absolute atomic E-state index is 0.0984. The van der Waals surface area contributed by atoms with Crippen LogP contribution in [0.1, 0.15) is 35.8 Å². The number of benzene rings is 2. The van der Waals surface area contributed by atoms with Crippen molar-refractivity contribution in [2.75, 3.05) is 26.2 Å². The van der Waals surface area contributed by atoms with Gasteiger partial charge in [-0.3, -0.25) is 14.5 Å². The maximum Gasteiger partial charge on any atom is 0.254 e. The van der Waals surface area contributed by atoms with Crippen molar-refractivity contribution in [3.63, 3.8) is 0 Å². The monoisotopic (exact) mass is 419 g/mol. The quantitative estimate of drug-likeness (QED) is 0.810. The molecule has 0 saturated carbocycles. The van der Waals surface area contributed by atoms with E-state index in [9.17, 15) is 22.8 Å². The zero-order chi connectivity index (χ0) is 21.8. The predicted molar refractivity (Wildman–Crippen MR) is 106 cm³/mol. The largest absolute Gasteiger partial charge is 0.348 e. The van der Waals surface area contributed by atoms with Gasteiger partial charge in [0, 0.05) is 31.7 Å². The highest BCUT2D eigenvalue weighted by Gasteiger charge is 2.28. The highest BCUT2D eigenvalue weighted by molar-refractivity contribution is 5.94. The lowest BCUT2D eigenvalue weighted by molar-refractivity contribution is -0.127.